The van der Waals surface area contributed by atoms with Gasteiger partial charge in [-0.25, -0.2) is 8.78 Å². The van der Waals surface area contributed by atoms with Gasteiger partial charge in [-0.2, -0.15) is 5.26 Å². The molecule has 0 heterocycles. The quantitative estimate of drug-likeness (QED) is 0.808. The SMILES string of the molecule is N#Cc1ccc(OCC(=O)c2c(F)cccc2F)c(Cl)c1. The lowest BCUT2D eigenvalue weighted by Gasteiger charge is -2.08. The van der Waals surface area contributed by atoms with Crippen molar-refractivity contribution in [2.24, 2.45) is 0 Å². The van der Waals surface area contributed by atoms with Gasteiger partial charge in [0, 0.05) is 0 Å². The topological polar surface area (TPSA) is 50.1 Å². The molecule has 2 aromatic rings. The van der Waals surface area contributed by atoms with Gasteiger partial charge in [-0.1, -0.05) is 17.7 Å². The highest BCUT2D eigenvalue weighted by molar-refractivity contribution is 6.32. The summed E-state index contributed by atoms with van der Waals surface area (Å²) in [6.07, 6.45) is 0. The fourth-order valence-electron chi connectivity index (χ4n) is 1.67. The molecule has 0 aliphatic carbocycles. The van der Waals surface area contributed by atoms with E-state index in [2.05, 4.69) is 0 Å². The predicted octanol–water partition coefficient (Wildman–Crippen LogP) is 3.75. The number of nitrogens with zero attached hydrogens (tertiary/aromatic N) is 1. The first-order valence-corrected chi connectivity index (χ1v) is 6.20. The molecule has 0 amide bonds. The molecule has 2 rings (SSSR count). The standard InChI is InChI=1S/C15H8ClF2NO2/c16-10-6-9(7-19)4-5-14(10)21-8-13(20)15-11(17)2-1-3-12(15)18/h1-6H,8H2. The number of halogens is 3. The van der Waals surface area contributed by atoms with Crippen LogP contribution in [0.5, 0.6) is 5.75 Å². The van der Waals surface area contributed by atoms with E-state index in [1.54, 1.807) is 0 Å². The number of ether oxygens (including phenoxy) is 1. The van der Waals surface area contributed by atoms with E-state index < -0.39 is 29.6 Å². The molecule has 0 saturated carbocycles. The Hall–Kier alpha value is -2.45. The molecule has 0 saturated heterocycles. The van der Waals surface area contributed by atoms with Gasteiger partial charge in [-0.05, 0) is 30.3 Å². The number of benzene rings is 2. The van der Waals surface area contributed by atoms with Crippen LogP contribution in [0.25, 0.3) is 0 Å². The van der Waals surface area contributed by atoms with Crippen LogP contribution in [0.3, 0.4) is 0 Å². The summed E-state index contributed by atoms with van der Waals surface area (Å²) in [4.78, 5) is 11.8. The highest BCUT2D eigenvalue weighted by Crippen LogP contribution is 2.25. The number of hydrogen-bond acceptors (Lipinski definition) is 3. The van der Waals surface area contributed by atoms with Gasteiger partial charge in [0.1, 0.15) is 17.4 Å². The van der Waals surface area contributed by atoms with Crippen LogP contribution in [0.2, 0.25) is 5.02 Å². The van der Waals surface area contributed by atoms with Gasteiger partial charge >= 0.3 is 0 Å². The van der Waals surface area contributed by atoms with Crippen LogP contribution in [-0.4, -0.2) is 12.4 Å². The van der Waals surface area contributed by atoms with Crippen LogP contribution in [0.15, 0.2) is 36.4 Å². The minimum Gasteiger partial charge on any atom is -0.484 e. The second-order valence-corrected chi connectivity index (χ2v) is 4.47. The zero-order chi connectivity index (χ0) is 15.4. The fourth-order valence-corrected chi connectivity index (χ4v) is 1.90. The smallest absolute Gasteiger partial charge is 0.206 e. The maximum Gasteiger partial charge on any atom is 0.206 e. The predicted molar refractivity (Wildman–Crippen MR) is 72.4 cm³/mol. The molecule has 6 heteroatoms. The van der Waals surface area contributed by atoms with Gasteiger partial charge in [-0.15, -0.1) is 0 Å². The Morgan fingerprint density at radius 2 is 1.90 bits per heavy atom. The molecule has 106 valence electrons. The summed E-state index contributed by atoms with van der Waals surface area (Å²) in [7, 11) is 0. The van der Waals surface area contributed by atoms with Crippen LogP contribution >= 0.6 is 11.6 Å². The highest BCUT2D eigenvalue weighted by atomic mass is 35.5. The number of carbonyl (C=O) groups excluding carboxylic acids is 1. The normalized spacial score (nSPS) is 10.0. The Morgan fingerprint density at radius 1 is 1.24 bits per heavy atom. The monoisotopic (exact) mass is 307 g/mol. The van der Waals surface area contributed by atoms with E-state index in [0.29, 0.717) is 5.56 Å². The van der Waals surface area contributed by atoms with Gasteiger partial charge in [0.2, 0.25) is 5.78 Å². The van der Waals surface area contributed by atoms with Crippen molar-refractivity contribution < 1.29 is 18.3 Å². The summed E-state index contributed by atoms with van der Waals surface area (Å²) in [5.41, 5.74) is -0.318. The molecule has 0 aromatic heterocycles. The third-order valence-electron chi connectivity index (χ3n) is 2.66. The van der Waals surface area contributed by atoms with Gasteiger partial charge in [0.15, 0.2) is 6.61 Å². The third-order valence-corrected chi connectivity index (χ3v) is 2.96. The van der Waals surface area contributed by atoms with Crippen LogP contribution in [0.1, 0.15) is 15.9 Å². The number of hydrogen-bond donors (Lipinski definition) is 0. The lowest BCUT2D eigenvalue weighted by atomic mass is 10.1. The summed E-state index contributed by atoms with van der Waals surface area (Å²) in [5.74, 6) is -2.59. The average molecular weight is 308 g/mol. The van der Waals surface area contributed by atoms with Crippen molar-refractivity contribution in [3.05, 3.63) is 64.2 Å². The van der Waals surface area contributed by atoms with Crippen LogP contribution < -0.4 is 4.74 Å². The number of Topliss-reactive ketones (excluding diaryl/α,β-unsaturated/α-hetero) is 1. The number of carbonyl (C=O) groups is 1. The Kier molecular flexibility index (Phi) is 4.51. The Balaban J connectivity index is 2.13. The molecular formula is C15H8ClF2NO2. The number of nitriles is 1. The molecule has 0 unspecified atom stereocenters. The van der Waals surface area contributed by atoms with E-state index in [1.807, 2.05) is 6.07 Å². The maximum atomic E-state index is 13.4. The molecule has 0 bridgehead atoms. The zero-order valence-corrected chi connectivity index (χ0v) is 11.3. The van der Waals surface area contributed by atoms with Crippen molar-refractivity contribution in [2.75, 3.05) is 6.61 Å². The summed E-state index contributed by atoms with van der Waals surface area (Å²) in [6.45, 7) is -0.566. The van der Waals surface area contributed by atoms with Crippen molar-refractivity contribution in [1.29, 1.82) is 5.26 Å². The second-order valence-electron chi connectivity index (χ2n) is 4.07. The van der Waals surface area contributed by atoms with Crippen molar-refractivity contribution in [2.45, 2.75) is 0 Å². The zero-order valence-electron chi connectivity index (χ0n) is 10.6. The molecule has 0 N–H and O–H groups in total. The molecule has 0 radical (unpaired) electrons. The lowest BCUT2D eigenvalue weighted by Crippen LogP contribution is -2.15. The van der Waals surface area contributed by atoms with Crippen LogP contribution in [0, 0.1) is 23.0 Å². The Labute approximate surface area is 124 Å². The van der Waals surface area contributed by atoms with Crippen molar-refractivity contribution in [1.82, 2.24) is 0 Å². The van der Waals surface area contributed by atoms with E-state index in [9.17, 15) is 13.6 Å². The summed E-state index contributed by atoms with van der Waals surface area (Å²) in [6, 6.07) is 9.27. The molecule has 0 aliphatic rings. The van der Waals surface area contributed by atoms with Gasteiger partial charge < -0.3 is 4.74 Å². The summed E-state index contributed by atoms with van der Waals surface area (Å²) in [5, 5.41) is 8.83. The molecule has 0 atom stereocenters. The van der Waals surface area contributed by atoms with Crippen molar-refractivity contribution in [3.63, 3.8) is 0 Å². The molecule has 0 spiro atoms. The van der Waals surface area contributed by atoms with Gasteiger partial charge in [0.05, 0.1) is 22.2 Å². The second kappa shape index (κ2) is 6.33. The summed E-state index contributed by atoms with van der Waals surface area (Å²) >= 11 is 5.86. The largest absolute Gasteiger partial charge is 0.484 e. The van der Waals surface area contributed by atoms with E-state index in [-0.39, 0.29) is 10.8 Å². The first-order valence-electron chi connectivity index (χ1n) is 5.82. The van der Waals surface area contributed by atoms with Crippen molar-refractivity contribution >= 4 is 17.4 Å². The van der Waals surface area contributed by atoms with E-state index in [4.69, 9.17) is 21.6 Å². The first kappa shape index (κ1) is 14.9. The molecule has 0 aliphatic heterocycles. The van der Waals surface area contributed by atoms with Gasteiger partial charge in [0.25, 0.3) is 0 Å². The molecule has 2 aromatic carbocycles. The third kappa shape index (κ3) is 3.36. The van der Waals surface area contributed by atoms with Crippen LogP contribution in [-0.2, 0) is 0 Å². The maximum absolute atomic E-state index is 13.4. The van der Waals surface area contributed by atoms with E-state index in [0.717, 1.165) is 12.1 Å². The highest BCUT2D eigenvalue weighted by Gasteiger charge is 2.18. The molecule has 21 heavy (non-hydrogen) atoms. The molecule has 3 nitrogen and oxygen atoms in total. The number of ketones is 1. The van der Waals surface area contributed by atoms with Gasteiger partial charge in [-0.3, -0.25) is 4.79 Å². The lowest BCUT2D eigenvalue weighted by molar-refractivity contribution is 0.0913. The number of rotatable bonds is 4. The Bertz CT molecular complexity index is 721. The molecular weight excluding hydrogens is 300 g/mol. The average Bonchev–Trinajstić information content (AvgIpc) is 2.45. The van der Waals surface area contributed by atoms with Crippen LogP contribution in [0.4, 0.5) is 8.78 Å². The van der Waals surface area contributed by atoms with E-state index in [1.165, 1.54) is 24.3 Å². The minimum atomic E-state index is -0.950. The first-order chi connectivity index (χ1) is 10.0. The fraction of sp³-hybridized carbons (Fsp3) is 0.0667. The summed E-state index contributed by atoms with van der Waals surface area (Å²) < 4.78 is 32.0. The van der Waals surface area contributed by atoms with E-state index >= 15 is 0 Å². The Morgan fingerprint density at radius 3 is 2.48 bits per heavy atom. The van der Waals surface area contributed by atoms with Crippen molar-refractivity contribution in [3.8, 4) is 11.8 Å². The molecule has 0 fully saturated rings. The minimum absolute atomic E-state index is 0.135.